The minimum Gasteiger partial charge on any atom is -0.258 e. The van der Waals surface area contributed by atoms with Crippen molar-refractivity contribution in [3.8, 4) is 0 Å². The molecule has 1 aromatic rings. The maximum Gasteiger partial charge on any atom is 0.425 e. The van der Waals surface area contributed by atoms with E-state index in [1.54, 1.807) is 0 Å². The molecule has 1 rings (SSSR count). The highest BCUT2D eigenvalue weighted by Gasteiger charge is 2.42. The van der Waals surface area contributed by atoms with Crippen molar-refractivity contribution in [1.82, 2.24) is 0 Å². The van der Waals surface area contributed by atoms with Crippen LogP contribution in [-0.2, 0) is 6.18 Å². The van der Waals surface area contributed by atoms with Crippen molar-refractivity contribution in [2.75, 3.05) is 0 Å². The Bertz CT molecular complexity index is 418. The second-order valence-corrected chi connectivity index (χ2v) is 3.67. The van der Waals surface area contributed by atoms with Crippen LogP contribution < -0.4 is 0 Å². The second-order valence-electron chi connectivity index (χ2n) is 2.51. The molecule has 0 radical (unpaired) electrons. The number of nitrogens with zero attached hydrogens (tertiary/aromatic N) is 1. The van der Waals surface area contributed by atoms with Crippen molar-refractivity contribution >= 4 is 28.3 Å². The van der Waals surface area contributed by atoms with E-state index in [9.17, 15) is 27.7 Å². The average molecular weight is 335 g/mol. The summed E-state index contributed by atoms with van der Waals surface area (Å²) < 4.78 is 49.5. The lowest BCUT2D eigenvalue weighted by Crippen LogP contribution is -2.12. The summed E-state index contributed by atoms with van der Waals surface area (Å²) in [5.74, 6) is -1.64. The van der Waals surface area contributed by atoms with Gasteiger partial charge in [-0.05, 0) is 34.7 Å². The smallest absolute Gasteiger partial charge is 0.258 e. The van der Waals surface area contributed by atoms with Crippen LogP contribution in [0.25, 0.3) is 0 Å². The number of nitro benzene ring substituents is 1. The summed E-state index contributed by atoms with van der Waals surface area (Å²) in [6, 6.07) is 1.47. The molecule has 0 aromatic heterocycles. The molecule has 0 bridgehead atoms. The second kappa shape index (κ2) is 3.91. The van der Waals surface area contributed by atoms with Gasteiger partial charge < -0.3 is 0 Å². The zero-order valence-corrected chi connectivity index (χ0v) is 8.97. The fourth-order valence-corrected chi connectivity index (χ4v) is 1.64. The largest absolute Gasteiger partial charge is 0.425 e. The number of hydrogen-bond donors (Lipinski definition) is 0. The van der Waals surface area contributed by atoms with E-state index >= 15 is 0 Å². The van der Waals surface area contributed by atoms with Crippen molar-refractivity contribution in [3.63, 3.8) is 0 Å². The highest BCUT2D eigenvalue weighted by Crippen LogP contribution is 2.39. The third kappa shape index (κ3) is 2.36. The standard InChI is InChI=1S/C7H2F4INO2/c8-3-1-2-4(12)6(13(14)15)5(3)7(9,10)11/h1-2H. The maximum atomic E-state index is 12.9. The maximum absolute atomic E-state index is 12.9. The molecule has 0 unspecified atom stereocenters. The number of alkyl halides is 3. The molecule has 0 aliphatic carbocycles. The minimum absolute atomic E-state index is 0.258. The lowest BCUT2D eigenvalue weighted by Gasteiger charge is -2.09. The molecule has 0 N–H and O–H groups in total. The van der Waals surface area contributed by atoms with Crippen molar-refractivity contribution in [3.05, 3.63) is 37.2 Å². The van der Waals surface area contributed by atoms with Crippen molar-refractivity contribution in [1.29, 1.82) is 0 Å². The summed E-state index contributed by atoms with van der Waals surface area (Å²) >= 11 is 1.35. The third-order valence-corrected chi connectivity index (χ3v) is 2.41. The molecular weight excluding hydrogens is 333 g/mol. The van der Waals surface area contributed by atoms with Gasteiger partial charge in [-0.3, -0.25) is 10.1 Å². The van der Waals surface area contributed by atoms with E-state index in [4.69, 9.17) is 0 Å². The molecule has 3 nitrogen and oxygen atoms in total. The summed E-state index contributed by atoms with van der Waals surface area (Å²) in [4.78, 5) is 9.13. The number of hydrogen-bond acceptors (Lipinski definition) is 2. The highest BCUT2D eigenvalue weighted by molar-refractivity contribution is 14.1. The Morgan fingerprint density at radius 2 is 1.87 bits per heavy atom. The summed E-state index contributed by atoms with van der Waals surface area (Å²) in [5, 5.41) is 10.4. The van der Waals surface area contributed by atoms with Gasteiger partial charge >= 0.3 is 6.18 Å². The molecule has 82 valence electrons. The van der Waals surface area contributed by atoms with Gasteiger partial charge in [0, 0.05) is 0 Å². The first-order valence-corrected chi connectivity index (χ1v) is 4.52. The van der Waals surface area contributed by atoms with Crippen LogP contribution in [0.5, 0.6) is 0 Å². The van der Waals surface area contributed by atoms with Crippen LogP contribution in [-0.4, -0.2) is 4.92 Å². The molecule has 0 saturated heterocycles. The molecule has 0 aliphatic rings. The van der Waals surface area contributed by atoms with Crippen LogP contribution in [0.2, 0.25) is 0 Å². The van der Waals surface area contributed by atoms with Gasteiger partial charge in [0.05, 0.1) is 8.49 Å². The molecule has 0 heterocycles. The van der Waals surface area contributed by atoms with Crippen LogP contribution in [0.15, 0.2) is 12.1 Å². The first kappa shape index (κ1) is 12.1. The predicted octanol–water partition coefficient (Wildman–Crippen LogP) is 3.36. The van der Waals surface area contributed by atoms with Crippen LogP contribution in [0.1, 0.15) is 5.56 Å². The van der Waals surface area contributed by atoms with Crippen molar-refractivity contribution in [2.45, 2.75) is 6.18 Å². The van der Waals surface area contributed by atoms with Gasteiger partial charge in [-0.15, -0.1) is 0 Å². The summed E-state index contributed by atoms with van der Waals surface area (Å²) in [6.45, 7) is 0. The van der Waals surface area contributed by atoms with E-state index in [0.717, 1.165) is 6.07 Å². The zero-order chi connectivity index (χ0) is 11.8. The summed E-state index contributed by atoms with van der Waals surface area (Å²) in [6.07, 6.45) is -5.08. The topological polar surface area (TPSA) is 43.1 Å². The average Bonchev–Trinajstić information content (AvgIpc) is 2.05. The Balaban J connectivity index is 3.60. The van der Waals surface area contributed by atoms with E-state index in [1.165, 1.54) is 22.6 Å². The van der Waals surface area contributed by atoms with Gasteiger partial charge in [-0.2, -0.15) is 13.2 Å². The first-order chi connectivity index (χ1) is 6.75. The van der Waals surface area contributed by atoms with E-state index in [2.05, 4.69) is 0 Å². The molecular formula is C7H2F4INO2. The van der Waals surface area contributed by atoms with Crippen LogP contribution >= 0.6 is 22.6 Å². The monoisotopic (exact) mass is 335 g/mol. The number of benzene rings is 1. The molecule has 0 amide bonds. The van der Waals surface area contributed by atoms with Gasteiger partial charge in [0.1, 0.15) is 5.82 Å². The van der Waals surface area contributed by atoms with Crippen LogP contribution in [0.3, 0.4) is 0 Å². The Morgan fingerprint density at radius 1 is 1.33 bits per heavy atom. The summed E-state index contributed by atoms with van der Waals surface area (Å²) in [5.41, 5.74) is -3.08. The lowest BCUT2D eigenvalue weighted by molar-refractivity contribution is -0.389. The van der Waals surface area contributed by atoms with E-state index in [0.29, 0.717) is 6.07 Å². The molecule has 1 aromatic carbocycles. The molecule has 0 atom stereocenters. The zero-order valence-electron chi connectivity index (χ0n) is 6.81. The molecule has 0 fully saturated rings. The quantitative estimate of drug-likeness (QED) is 0.342. The van der Waals surface area contributed by atoms with Crippen LogP contribution in [0.4, 0.5) is 23.2 Å². The fraction of sp³-hybridized carbons (Fsp3) is 0.143. The molecule has 0 spiro atoms. The van der Waals surface area contributed by atoms with Gasteiger partial charge in [-0.25, -0.2) is 4.39 Å². The molecule has 0 aliphatic heterocycles. The van der Waals surface area contributed by atoms with Gasteiger partial charge in [0.15, 0.2) is 5.56 Å². The Labute approximate surface area is 94.4 Å². The number of nitro groups is 1. The molecule has 0 saturated carbocycles. The predicted molar refractivity (Wildman–Crippen MR) is 50.8 cm³/mol. The number of rotatable bonds is 1. The molecule has 15 heavy (non-hydrogen) atoms. The molecule has 8 heteroatoms. The third-order valence-electron chi connectivity index (χ3n) is 1.54. The highest BCUT2D eigenvalue weighted by atomic mass is 127. The van der Waals surface area contributed by atoms with E-state index < -0.39 is 28.2 Å². The Kier molecular flexibility index (Phi) is 3.16. The van der Waals surface area contributed by atoms with E-state index in [-0.39, 0.29) is 3.57 Å². The van der Waals surface area contributed by atoms with Gasteiger partial charge in [0.25, 0.3) is 5.69 Å². The van der Waals surface area contributed by atoms with Gasteiger partial charge in [-0.1, -0.05) is 0 Å². The lowest BCUT2D eigenvalue weighted by atomic mass is 10.1. The fourth-order valence-electron chi connectivity index (χ4n) is 0.989. The minimum atomic E-state index is -5.08. The van der Waals surface area contributed by atoms with E-state index in [1.807, 2.05) is 0 Å². The van der Waals surface area contributed by atoms with Crippen molar-refractivity contribution in [2.24, 2.45) is 0 Å². The Hall–Kier alpha value is -0.930. The normalized spacial score (nSPS) is 11.5. The van der Waals surface area contributed by atoms with Gasteiger partial charge in [0.2, 0.25) is 0 Å². The first-order valence-electron chi connectivity index (χ1n) is 3.44. The van der Waals surface area contributed by atoms with Crippen molar-refractivity contribution < 1.29 is 22.5 Å². The number of halogens is 5. The summed E-state index contributed by atoms with van der Waals surface area (Å²) in [7, 11) is 0. The SMILES string of the molecule is O=[N+]([O-])c1c(I)ccc(F)c1C(F)(F)F. The van der Waals surface area contributed by atoms with Crippen LogP contribution in [0, 0.1) is 19.5 Å². The Morgan fingerprint density at radius 3 is 2.20 bits per heavy atom.